The molecule has 0 amide bonds. The topological polar surface area (TPSA) is 58.5 Å². The Morgan fingerprint density at radius 3 is 2.76 bits per heavy atom. The predicted octanol–water partition coefficient (Wildman–Crippen LogP) is 2.29. The summed E-state index contributed by atoms with van der Waals surface area (Å²) in [6.07, 6.45) is 4.05. The summed E-state index contributed by atoms with van der Waals surface area (Å²) >= 11 is 1.81. The van der Waals surface area contributed by atoms with Crippen molar-refractivity contribution in [2.24, 2.45) is 4.99 Å². The van der Waals surface area contributed by atoms with Crippen molar-refractivity contribution in [2.45, 2.75) is 33.4 Å². The summed E-state index contributed by atoms with van der Waals surface area (Å²) in [5, 5.41) is 6.54. The highest BCUT2D eigenvalue weighted by atomic mass is 32.2. The van der Waals surface area contributed by atoms with Crippen molar-refractivity contribution >= 4 is 17.7 Å². The highest BCUT2D eigenvalue weighted by Gasteiger charge is 2.00. The van der Waals surface area contributed by atoms with E-state index in [0.29, 0.717) is 12.4 Å². The van der Waals surface area contributed by atoms with Gasteiger partial charge < -0.3 is 15.4 Å². The molecule has 0 aliphatic rings. The maximum Gasteiger partial charge on any atom is 0.213 e. The lowest BCUT2D eigenvalue weighted by Gasteiger charge is -2.11. The van der Waals surface area contributed by atoms with Crippen molar-refractivity contribution in [3.63, 3.8) is 0 Å². The molecule has 2 N–H and O–H groups in total. The van der Waals surface area contributed by atoms with Gasteiger partial charge in [0.1, 0.15) is 0 Å². The van der Waals surface area contributed by atoms with Gasteiger partial charge in [-0.25, -0.2) is 9.98 Å². The molecule has 1 aromatic rings. The second-order valence-corrected chi connectivity index (χ2v) is 5.77. The molecule has 0 aliphatic heterocycles. The average molecular weight is 310 g/mol. The average Bonchev–Trinajstić information content (AvgIpc) is 2.46. The van der Waals surface area contributed by atoms with Crippen LogP contribution in [0.3, 0.4) is 0 Å². The molecule has 0 atom stereocenters. The van der Waals surface area contributed by atoms with Gasteiger partial charge in [-0.1, -0.05) is 6.07 Å². The van der Waals surface area contributed by atoms with Crippen LogP contribution in [0, 0.1) is 0 Å². The molecule has 0 aliphatic carbocycles. The Labute approximate surface area is 132 Å². The Morgan fingerprint density at radius 2 is 2.19 bits per heavy atom. The SMILES string of the molecule is CCNC(=NCc1ccc(OC(C)C)nc1)NCCSC. The van der Waals surface area contributed by atoms with E-state index in [0.717, 1.165) is 30.4 Å². The van der Waals surface area contributed by atoms with Crippen LogP contribution in [0.4, 0.5) is 0 Å². The van der Waals surface area contributed by atoms with E-state index in [1.165, 1.54) is 0 Å². The summed E-state index contributed by atoms with van der Waals surface area (Å²) in [5.41, 5.74) is 1.06. The molecular weight excluding hydrogens is 284 g/mol. The van der Waals surface area contributed by atoms with Crippen molar-refractivity contribution in [3.8, 4) is 5.88 Å². The molecule has 21 heavy (non-hydrogen) atoms. The Morgan fingerprint density at radius 1 is 1.38 bits per heavy atom. The number of hydrogen-bond acceptors (Lipinski definition) is 4. The van der Waals surface area contributed by atoms with Gasteiger partial charge in [0.25, 0.3) is 0 Å². The van der Waals surface area contributed by atoms with Crippen molar-refractivity contribution < 1.29 is 4.74 Å². The summed E-state index contributed by atoms with van der Waals surface area (Å²) in [6, 6.07) is 3.89. The molecule has 6 heteroatoms. The second kappa shape index (κ2) is 10.3. The molecule has 0 unspecified atom stereocenters. The molecular formula is C15H26N4OS. The first kappa shape index (κ1) is 17.6. The van der Waals surface area contributed by atoms with E-state index in [2.05, 4.69) is 33.8 Å². The zero-order valence-electron chi connectivity index (χ0n) is 13.3. The molecule has 5 nitrogen and oxygen atoms in total. The largest absolute Gasteiger partial charge is 0.475 e. The number of aliphatic imine (C=N–C) groups is 1. The van der Waals surface area contributed by atoms with Crippen LogP contribution in [0.2, 0.25) is 0 Å². The van der Waals surface area contributed by atoms with E-state index in [4.69, 9.17) is 4.74 Å². The Balaban J connectivity index is 2.54. The highest BCUT2D eigenvalue weighted by molar-refractivity contribution is 7.98. The fraction of sp³-hybridized carbons (Fsp3) is 0.600. The number of ether oxygens (including phenoxy) is 1. The number of pyridine rings is 1. The third-order valence-corrected chi connectivity index (χ3v) is 3.13. The van der Waals surface area contributed by atoms with Gasteiger partial charge in [0.15, 0.2) is 5.96 Å². The third kappa shape index (κ3) is 7.80. The van der Waals surface area contributed by atoms with Crippen LogP contribution in [0.25, 0.3) is 0 Å². The lowest BCUT2D eigenvalue weighted by Crippen LogP contribution is -2.38. The first-order valence-corrected chi connectivity index (χ1v) is 8.67. The van der Waals surface area contributed by atoms with E-state index in [1.807, 2.05) is 43.9 Å². The number of rotatable bonds is 8. The molecule has 0 fully saturated rings. The number of guanidine groups is 1. The maximum atomic E-state index is 5.52. The second-order valence-electron chi connectivity index (χ2n) is 4.79. The normalized spacial score (nSPS) is 11.6. The first-order valence-electron chi connectivity index (χ1n) is 7.28. The number of thioether (sulfide) groups is 1. The monoisotopic (exact) mass is 310 g/mol. The molecule has 0 saturated heterocycles. The third-order valence-electron chi connectivity index (χ3n) is 2.52. The van der Waals surface area contributed by atoms with E-state index in [9.17, 15) is 0 Å². The van der Waals surface area contributed by atoms with Crippen LogP contribution < -0.4 is 15.4 Å². The molecule has 1 rings (SSSR count). The summed E-state index contributed by atoms with van der Waals surface area (Å²) < 4.78 is 5.52. The van der Waals surface area contributed by atoms with Crippen LogP contribution >= 0.6 is 11.8 Å². The van der Waals surface area contributed by atoms with Gasteiger partial charge in [0, 0.05) is 31.1 Å². The van der Waals surface area contributed by atoms with E-state index < -0.39 is 0 Å². The standard InChI is InChI=1S/C15H26N4OS/c1-5-16-15(17-8-9-21-4)19-11-13-6-7-14(18-10-13)20-12(2)3/h6-7,10,12H,5,8-9,11H2,1-4H3,(H2,16,17,19). The van der Waals surface area contributed by atoms with Crippen LogP contribution in [-0.4, -0.2) is 42.1 Å². The predicted molar refractivity (Wildman–Crippen MR) is 91.2 cm³/mol. The Hall–Kier alpha value is -1.43. The quantitative estimate of drug-likeness (QED) is 0.438. The van der Waals surface area contributed by atoms with Gasteiger partial charge in [-0.3, -0.25) is 0 Å². The maximum absolute atomic E-state index is 5.52. The van der Waals surface area contributed by atoms with E-state index in [-0.39, 0.29) is 6.10 Å². The van der Waals surface area contributed by atoms with Crippen LogP contribution in [0.15, 0.2) is 23.3 Å². The van der Waals surface area contributed by atoms with E-state index in [1.54, 1.807) is 0 Å². The summed E-state index contributed by atoms with van der Waals surface area (Å²) in [7, 11) is 0. The molecule has 118 valence electrons. The minimum Gasteiger partial charge on any atom is -0.475 e. The summed E-state index contributed by atoms with van der Waals surface area (Å²) in [6.45, 7) is 8.40. The number of nitrogens with one attached hydrogen (secondary N) is 2. The summed E-state index contributed by atoms with van der Waals surface area (Å²) in [4.78, 5) is 8.83. The molecule has 1 heterocycles. The minimum atomic E-state index is 0.141. The zero-order chi connectivity index (χ0) is 15.5. The van der Waals surface area contributed by atoms with Crippen molar-refractivity contribution in [3.05, 3.63) is 23.9 Å². The van der Waals surface area contributed by atoms with Gasteiger partial charge in [0.2, 0.25) is 5.88 Å². The Kier molecular flexibility index (Phi) is 8.66. The number of hydrogen-bond donors (Lipinski definition) is 2. The van der Waals surface area contributed by atoms with Gasteiger partial charge in [0.05, 0.1) is 12.6 Å². The van der Waals surface area contributed by atoms with Crippen molar-refractivity contribution in [1.82, 2.24) is 15.6 Å². The van der Waals surface area contributed by atoms with E-state index >= 15 is 0 Å². The highest BCUT2D eigenvalue weighted by Crippen LogP contribution is 2.10. The molecule has 0 bridgehead atoms. The van der Waals surface area contributed by atoms with Crippen LogP contribution in [-0.2, 0) is 6.54 Å². The zero-order valence-corrected chi connectivity index (χ0v) is 14.2. The number of nitrogens with zero attached hydrogens (tertiary/aromatic N) is 2. The van der Waals surface area contributed by atoms with Crippen LogP contribution in [0.5, 0.6) is 5.88 Å². The van der Waals surface area contributed by atoms with Gasteiger partial charge >= 0.3 is 0 Å². The lowest BCUT2D eigenvalue weighted by molar-refractivity contribution is 0.232. The first-order chi connectivity index (χ1) is 10.2. The Bertz CT molecular complexity index is 420. The van der Waals surface area contributed by atoms with Crippen molar-refractivity contribution in [1.29, 1.82) is 0 Å². The molecule has 1 aromatic heterocycles. The van der Waals surface area contributed by atoms with Gasteiger partial charge in [-0.05, 0) is 32.6 Å². The fourth-order valence-electron chi connectivity index (χ4n) is 1.60. The summed E-state index contributed by atoms with van der Waals surface area (Å²) in [5.74, 6) is 2.56. The van der Waals surface area contributed by atoms with Crippen LogP contribution in [0.1, 0.15) is 26.3 Å². The number of aromatic nitrogens is 1. The van der Waals surface area contributed by atoms with Gasteiger partial charge in [-0.15, -0.1) is 0 Å². The van der Waals surface area contributed by atoms with Crippen molar-refractivity contribution in [2.75, 3.05) is 25.1 Å². The lowest BCUT2D eigenvalue weighted by atomic mass is 10.3. The molecule has 0 radical (unpaired) electrons. The molecule has 0 saturated carbocycles. The molecule has 0 aromatic carbocycles. The minimum absolute atomic E-state index is 0.141. The smallest absolute Gasteiger partial charge is 0.213 e. The van der Waals surface area contributed by atoms with Gasteiger partial charge in [-0.2, -0.15) is 11.8 Å². The fourth-order valence-corrected chi connectivity index (χ4v) is 1.91. The molecule has 0 spiro atoms.